The van der Waals surface area contributed by atoms with Gasteiger partial charge in [0.25, 0.3) is 10.0 Å². The topological polar surface area (TPSA) is 98.0 Å². The zero-order chi connectivity index (χ0) is 15.9. The average molecular weight is 364 g/mol. The van der Waals surface area contributed by atoms with Crippen molar-refractivity contribution in [2.24, 2.45) is 0 Å². The number of thiophene rings is 1. The maximum absolute atomic E-state index is 12.5. The zero-order valence-electron chi connectivity index (χ0n) is 11.3. The number of hydrogen-bond acceptors (Lipinski definition) is 8. The molecule has 3 heterocycles. The van der Waals surface area contributed by atoms with Crippen LogP contribution in [0.3, 0.4) is 0 Å². The Morgan fingerprint density at radius 1 is 1.17 bits per heavy atom. The summed E-state index contributed by atoms with van der Waals surface area (Å²) in [5, 5.41) is 7.67. The number of nitrogens with one attached hydrogen (secondary N) is 1. The van der Waals surface area contributed by atoms with Gasteiger partial charge in [-0.15, -0.1) is 0 Å². The SMILES string of the molecule is O=S(=O)(Nc1cc(-c2ccsc2)no1)c1cccc2nsnc12. The molecule has 0 fully saturated rings. The predicted molar refractivity (Wildman–Crippen MR) is 88.0 cm³/mol. The van der Waals surface area contributed by atoms with Gasteiger partial charge in [0.05, 0.1) is 11.7 Å². The van der Waals surface area contributed by atoms with Gasteiger partial charge < -0.3 is 4.52 Å². The van der Waals surface area contributed by atoms with Crippen LogP contribution in [0.25, 0.3) is 22.3 Å². The van der Waals surface area contributed by atoms with Crippen LogP contribution in [0.2, 0.25) is 0 Å². The Morgan fingerprint density at radius 2 is 2.09 bits per heavy atom. The van der Waals surface area contributed by atoms with E-state index in [1.54, 1.807) is 18.2 Å². The minimum atomic E-state index is -3.84. The molecule has 0 aliphatic rings. The van der Waals surface area contributed by atoms with Crippen molar-refractivity contribution in [1.82, 2.24) is 13.9 Å². The maximum atomic E-state index is 12.5. The van der Waals surface area contributed by atoms with Crippen molar-refractivity contribution in [2.75, 3.05) is 4.72 Å². The number of sulfonamides is 1. The molecule has 0 bridgehead atoms. The van der Waals surface area contributed by atoms with Crippen molar-refractivity contribution in [3.63, 3.8) is 0 Å². The van der Waals surface area contributed by atoms with Crippen LogP contribution in [0, 0.1) is 0 Å². The zero-order valence-corrected chi connectivity index (χ0v) is 13.8. The van der Waals surface area contributed by atoms with Crippen molar-refractivity contribution < 1.29 is 12.9 Å². The fraction of sp³-hybridized carbons (Fsp3) is 0. The normalized spacial score (nSPS) is 11.8. The minimum Gasteiger partial charge on any atom is -0.337 e. The van der Waals surface area contributed by atoms with Gasteiger partial charge in [-0.05, 0) is 23.6 Å². The van der Waals surface area contributed by atoms with Crippen LogP contribution in [-0.4, -0.2) is 22.3 Å². The molecule has 4 aromatic rings. The molecule has 1 aromatic carbocycles. The highest BCUT2D eigenvalue weighted by Crippen LogP contribution is 2.27. The number of anilines is 1. The van der Waals surface area contributed by atoms with Gasteiger partial charge in [0.2, 0.25) is 5.88 Å². The van der Waals surface area contributed by atoms with E-state index in [1.165, 1.54) is 17.4 Å². The molecule has 0 saturated heterocycles. The molecule has 0 unspecified atom stereocenters. The van der Waals surface area contributed by atoms with Gasteiger partial charge in [-0.1, -0.05) is 11.2 Å². The first-order valence-corrected chi connectivity index (χ1v) is 9.52. The highest BCUT2D eigenvalue weighted by atomic mass is 32.2. The van der Waals surface area contributed by atoms with Crippen molar-refractivity contribution in [3.05, 3.63) is 41.1 Å². The summed E-state index contributed by atoms with van der Waals surface area (Å²) in [5.41, 5.74) is 2.31. The van der Waals surface area contributed by atoms with Gasteiger partial charge in [-0.25, -0.2) is 13.1 Å². The Kier molecular flexibility index (Phi) is 3.36. The van der Waals surface area contributed by atoms with E-state index in [9.17, 15) is 8.42 Å². The number of hydrogen-bond donors (Lipinski definition) is 1. The molecule has 1 N–H and O–H groups in total. The quantitative estimate of drug-likeness (QED) is 0.597. The molecule has 23 heavy (non-hydrogen) atoms. The first-order chi connectivity index (χ1) is 11.1. The Hall–Kier alpha value is -2.30. The second kappa shape index (κ2) is 5.41. The summed E-state index contributed by atoms with van der Waals surface area (Å²) in [4.78, 5) is 0.0530. The minimum absolute atomic E-state index is 0.0476. The van der Waals surface area contributed by atoms with Crippen LogP contribution in [-0.2, 0) is 10.0 Å². The highest BCUT2D eigenvalue weighted by Gasteiger charge is 2.21. The molecule has 0 aliphatic heterocycles. The third-order valence-electron chi connectivity index (χ3n) is 3.10. The first kappa shape index (κ1) is 14.3. The molecule has 4 rings (SSSR count). The Bertz CT molecular complexity index is 1070. The molecule has 7 nitrogen and oxygen atoms in total. The van der Waals surface area contributed by atoms with Gasteiger partial charge >= 0.3 is 0 Å². The molecule has 116 valence electrons. The summed E-state index contributed by atoms with van der Waals surface area (Å²) in [6.45, 7) is 0. The third kappa shape index (κ3) is 2.60. The lowest BCUT2D eigenvalue weighted by Gasteiger charge is -2.04. The van der Waals surface area contributed by atoms with Crippen LogP contribution in [0.5, 0.6) is 0 Å². The maximum Gasteiger partial charge on any atom is 0.266 e. The summed E-state index contributed by atoms with van der Waals surface area (Å²) < 4.78 is 40.6. The lowest BCUT2D eigenvalue weighted by molar-refractivity contribution is 0.438. The largest absolute Gasteiger partial charge is 0.337 e. The number of aromatic nitrogens is 3. The standard InChI is InChI=1S/C13H8N4O3S3/c18-23(19,11-3-1-2-9-13(11)16-22-15-9)17-12-6-10(14-20-12)8-4-5-21-7-8/h1-7,17H. The molecule has 0 radical (unpaired) electrons. The number of benzene rings is 1. The van der Waals surface area contributed by atoms with E-state index in [1.807, 2.05) is 16.8 Å². The van der Waals surface area contributed by atoms with Gasteiger partial charge in [0, 0.05) is 17.0 Å². The average Bonchev–Trinajstić information content (AvgIpc) is 3.27. The van der Waals surface area contributed by atoms with Crippen molar-refractivity contribution in [1.29, 1.82) is 0 Å². The second-order valence-corrected chi connectivity index (χ2v) is 7.54. The summed E-state index contributed by atoms with van der Waals surface area (Å²) in [6, 6.07) is 8.22. The molecule has 0 spiro atoms. The Morgan fingerprint density at radius 3 is 2.91 bits per heavy atom. The van der Waals surface area contributed by atoms with E-state index in [4.69, 9.17) is 4.52 Å². The monoisotopic (exact) mass is 364 g/mol. The summed E-state index contributed by atoms with van der Waals surface area (Å²) >= 11 is 2.49. The van der Waals surface area contributed by atoms with Crippen LogP contribution in [0.4, 0.5) is 5.88 Å². The molecular weight excluding hydrogens is 356 g/mol. The van der Waals surface area contributed by atoms with E-state index in [2.05, 4.69) is 18.6 Å². The Labute approximate surface area is 139 Å². The summed E-state index contributed by atoms with van der Waals surface area (Å²) in [7, 11) is -3.84. The number of rotatable bonds is 4. The van der Waals surface area contributed by atoms with Gasteiger partial charge in [-0.2, -0.15) is 20.1 Å². The van der Waals surface area contributed by atoms with E-state index in [0.29, 0.717) is 16.7 Å². The highest BCUT2D eigenvalue weighted by molar-refractivity contribution is 7.93. The molecule has 0 atom stereocenters. The molecule has 10 heteroatoms. The smallest absolute Gasteiger partial charge is 0.266 e. The molecule has 3 aromatic heterocycles. The summed E-state index contributed by atoms with van der Waals surface area (Å²) in [5.74, 6) is 0.0476. The molecule has 0 amide bonds. The van der Waals surface area contributed by atoms with Gasteiger partial charge in [-0.3, -0.25) is 0 Å². The third-order valence-corrected chi connectivity index (χ3v) is 5.70. The Balaban J connectivity index is 1.69. The number of fused-ring (bicyclic) bond motifs is 1. The summed E-state index contributed by atoms with van der Waals surface area (Å²) in [6.07, 6.45) is 0. The molecule has 0 saturated carbocycles. The van der Waals surface area contributed by atoms with Crippen LogP contribution < -0.4 is 4.72 Å². The van der Waals surface area contributed by atoms with E-state index in [-0.39, 0.29) is 10.8 Å². The van der Waals surface area contributed by atoms with Gasteiger partial charge in [0.15, 0.2) is 0 Å². The van der Waals surface area contributed by atoms with E-state index in [0.717, 1.165) is 17.3 Å². The van der Waals surface area contributed by atoms with Crippen molar-refractivity contribution >= 4 is 50.0 Å². The molecule has 0 aliphatic carbocycles. The lowest BCUT2D eigenvalue weighted by Crippen LogP contribution is -2.12. The van der Waals surface area contributed by atoms with Gasteiger partial charge in [0.1, 0.15) is 21.6 Å². The van der Waals surface area contributed by atoms with Crippen LogP contribution in [0.15, 0.2) is 50.5 Å². The van der Waals surface area contributed by atoms with Crippen LogP contribution in [0.1, 0.15) is 0 Å². The second-order valence-electron chi connectivity index (χ2n) is 4.58. The van der Waals surface area contributed by atoms with Crippen molar-refractivity contribution in [3.8, 4) is 11.3 Å². The molecular formula is C13H8N4O3S3. The van der Waals surface area contributed by atoms with E-state index >= 15 is 0 Å². The van der Waals surface area contributed by atoms with Crippen LogP contribution >= 0.6 is 23.1 Å². The fourth-order valence-electron chi connectivity index (χ4n) is 2.06. The number of nitrogens with zero attached hydrogens (tertiary/aromatic N) is 3. The first-order valence-electron chi connectivity index (χ1n) is 6.37. The van der Waals surface area contributed by atoms with Crippen molar-refractivity contribution in [2.45, 2.75) is 4.90 Å². The van der Waals surface area contributed by atoms with E-state index < -0.39 is 10.0 Å². The lowest BCUT2D eigenvalue weighted by atomic mass is 10.2. The predicted octanol–water partition coefficient (Wildman–Crippen LogP) is 3.21. The fourth-order valence-corrected chi connectivity index (χ4v) is 4.45.